The van der Waals surface area contributed by atoms with E-state index < -0.39 is 0 Å². The highest BCUT2D eigenvalue weighted by atomic mass is 32.1. The third kappa shape index (κ3) is 4.78. The SMILES string of the molecule is O=C(NCCCn1cncn1)NC[C@H](c1cccs1)N1CCCC1. The van der Waals surface area contributed by atoms with E-state index in [1.807, 2.05) is 0 Å². The van der Waals surface area contributed by atoms with Crippen molar-refractivity contribution in [1.29, 1.82) is 0 Å². The number of aryl methyl sites for hydroxylation is 1. The minimum Gasteiger partial charge on any atom is -0.338 e. The molecular formula is C16H24N6OS. The first-order chi connectivity index (χ1) is 11.8. The molecule has 0 saturated carbocycles. The van der Waals surface area contributed by atoms with Gasteiger partial charge in [-0.25, -0.2) is 9.78 Å². The van der Waals surface area contributed by atoms with Crippen molar-refractivity contribution >= 4 is 17.4 Å². The van der Waals surface area contributed by atoms with Gasteiger partial charge in [-0.1, -0.05) is 6.07 Å². The van der Waals surface area contributed by atoms with Crippen LogP contribution in [0.4, 0.5) is 4.79 Å². The number of thiophene rings is 1. The molecule has 1 aliphatic heterocycles. The van der Waals surface area contributed by atoms with E-state index in [4.69, 9.17) is 0 Å². The van der Waals surface area contributed by atoms with Crippen LogP contribution in [0, 0.1) is 0 Å². The summed E-state index contributed by atoms with van der Waals surface area (Å²) in [5.74, 6) is 0. The van der Waals surface area contributed by atoms with Gasteiger partial charge in [-0.3, -0.25) is 9.58 Å². The van der Waals surface area contributed by atoms with Gasteiger partial charge >= 0.3 is 6.03 Å². The lowest BCUT2D eigenvalue weighted by atomic mass is 10.2. The first kappa shape index (κ1) is 16.9. The molecule has 3 heterocycles. The topological polar surface area (TPSA) is 75.1 Å². The molecule has 24 heavy (non-hydrogen) atoms. The van der Waals surface area contributed by atoms with Gasteiger partial charge in [-0.2, -0.15) is 5.10 Å². The van der Waals surface area contributed by atoms with Gasteiger partial charge in [-0.15, -0.1) is 11.3 Å². The number of amides is 2. The van der Waals surface area contributed by atoms with Crippen molar-refractivity contribution in [3.8, 4) is 0 Å². The number of hydrogen-bond acceptors (Lipinski definition) is 5. The summed E-state index contributed by atoms with van der Waals surface area (Å²) in [6.45, 7) is 4.26. The lowest BCUT2D eigenvalue weighted by molar-refractivity contribution is 0.222. The third-order valence-electron chi connectivity index (χ3n) is 4.23. The van der Waals surface area contributed by atoms with E-state index in [2.05, 4.69) is 43.1 Å². The largest absolute Gasteiger partial charge is 0.338 e. The van der Waals surface area contributed by atoms with Crippen LogP contribution in [-0.4, -0.2) is 51.9 Å². The molecule has 0 unspecified atom stereocenters. The number of hydrogen-bond donors (Lipinski definition) is 2. The van der Waals surface area contributed by atoms with Crippen LogP contribution in [-0.2, 0) is 6.54 Å². The number of urea groups is 1. The van der Waals surface area contributed by atoms with E-state index in [1.165, 1.54) is 24.0 Å². The number of rotatable bonds is 8. The summed E-state index contributed by atoms with van der Waals surface area (Å²) in [4.78, 5) is 19.7. The van der Waals surface area contributed by atoms with Crippen molar-refractivity contribution in [1.82, 2.24) is 30.3 Å². The van der Waals surface area contributed by atoms with Crippen LogP contribution in [0.1, 0.15) is 30.2 Å². The fourth-order valence-electron chi connectivity index (χ4n) is 2.99. The van der Waals surface area contributed by atoms with Crippen molar-refractivity contribution in [3.05, 3.63) is 35.0 Å². The van der Waals surface area contributed by atoms with Crippen LogP contribution in [0.2, 0.25) is 0 Å². The highest BCUT2D eigenvalue weighted by Crippen LogP contribution is 2.27. The zero-order valence-corrected chi connectivity index (χ0v) is 14.5. The average molecular weight is 348 g/mol. The number of carbonyl (C=O) groups is 1. The Morgan fingerprint density at radius 1 is 1.33 bits per heavy atom. The standard InChI is InChI=1S/C16H24N6OS/c23-16(18-6-4-9-22-13-17-12-20-22)19-11-14(15-5-3-10-24-15)21-7-1-2-8-21/h3,5,10,12-14H,1-2,4,6-9,11H2,(H2,18,19,23)/t14-/m1/s1. The van der Waals surface area contributed by atoms with Crippen molar-refractivity contribution < 1.29 is 4.79 Å². The maximum atomic E-state index is 12.0. The van der Waals surface area contributed by atoms with Gasteiger partial charge in [0.15, 0.2) is 0 Å². The lowest BCUT2D eigenvalue weighted by Gasteiger charge is -2.26. The zero-order valence-electron chi connectivity index (χ0n) is 13.7. The average Bonchev–Trinajstić information content (AvgIpc) is 3.34. The van der Waals surface area contributed by atoms with Crippen LogP contribution in [0.15, 0.2) is 30.2 Å². The first-order valence-corrected chi connectivity index (χ1v) is 9.32. The second-order valence-electron chi connectivity index (χ2n) is 5.92. The number of likely N-dealkylation sites (tertiary alicyclic amines) is 1. The van der Waals surface area contributed by atoms with Crippen LogP contribution >= 0.6 is 11.3 Å². The molecule has 0 bridgehead atoms. The van der Waals surface area contributed by atoms with Crippen LogP contribution < -0.4 is 10.6 Å². The number of carbonyl (C=O) groups excluding carboxylic acids is 1. The van der Waals surface area contributed by atoms with Crippen molar-refractivity contribution in [3.63, 3.8) is 0 Å². The molecule has 1 atom stereocenters. The Balaban J connectivity index is 1.39. The summed E-state index contributed by atoms with van der Waals surface area (Å²) in [6.07, 6.45) is 6.52. The summed E-state index contributed by atoms with van der Waals surface area (Å²) >= 11 is 1.76. The molecule has 2 N–H and O–H groups in total. The predicted octanol–water partition coefficient (Wildman–Crippen LogP) is 1.87. The monoisotopic (exact) mass is 348 g/mol. The van der Waals surface area contributed by atoms with Gasteiger partial charge in [0.05, 0.1) is 6.04 Å². The molecule has 130 valence electrons. The van der Waals surface area contributed by atoms with Gasteiger partial charge in [-0.05, 0) is 43.8 Å². The molecule has 0 radical (unpaired) electrons. The zero-order chi connectivity index (χ0) is 16.6. The quantitative estimate of drug-likeness (QED) is 0.714. The second kappa shape index (κ2) is 8.79. The highest BCUT2D eigenvalue weighted by Gasteiger charge is 2.24. The smallest absolute Gasteiger partial charge is 0.314 e. The minimum atomic E-state index is -0.102. The maximum Gasteiger partial charge on any atom is 0.314 e. The highest BCUT2D eigenvalue weighted by molar-refractivity contribution is 7.10. The summed E-state index contributed by atoms with van der Waals surface area (Å²) < 4.78 is 1.76. The Hall–Kier alpha value is -1.93. The van der Waals surface area contributed by atoms with Crippen LogP contribution in [0.25, 0.3) is 0 Å². The molecule has 7 nitrogen and oxygen atoms in total. The van der Waals surface area contributed by atoms with Crippen LogP contribution in [0.5, 0.6) is 0 Å². The predicted molar refractivity (Wildman–Crippen MR) is 93.9 cm³/mol. The molecule has 8 heteroatoms. The molecule has 2 aromatic rings. The molecule has 1 saturated heterocycles. The van der Waals surface area contributed by atoms with Gasteiger partial charge < -0.3 is 10.6 Å². The van der Waals surface area contributed by atoms with Gasteiger partial charge in [0.1, 0.15) is 12.7 Å². The summed E-state index contributed by atoms with van der Waals surface area (Å²) in [5, 5.41) is 12.1. The van der Waals surface area contributed by atoms with Gasteiger partial charge in [0.25, 0.3) is 0 Å². The normalized spacial score (nSPS) is 16.2. The molecular weight excluding hydrogens is 324 g/mol. The number of nitrogens with zero attached hydrogens (tertiary/aromatic N) is 4. The summed E-state index contributed by atoms with van der Waals surface area (Å²) in [5.41, 5.74) is 0. The number of aromatic nitrogens is 3. The fraction of sp³-hybridized carbons (Fsp3) is 0.562. The van der Waals surface area contributed by atoms with E-state index in [0.717, 1.165) is 26.1 Å². The molecule has 0 aliphatic carbocycles. The van der Waals surface area contributed by atoms with E-state index in [9.17, 15) is 4.79 Å². The third-order valence-corrected chi connectivity index (χ3v) is 5.20. The molecule has 2 aromatic heterocycles. The molecule has 3 rings (SSSR count). The van der Waals surface area contributed by atoms with E-state index in [1.54, 1.807) is 22.3 Å². The maximum absolute atomic E-state index is 12.0. The molecule has 0 spiro atoms. The van der Waals surface area contributed by atoms with Crippen molar-refractivity contribution in [2.45, 2.75) is 31.8 Å². The number of nitrogens with one attached hydrogen (secondary N) is 2. The van der Waals surface area contributed by atoms with E-state index in [0.29, 0.717) is 13.1 Å². The summed E-state index contributed by atoms with van der Waals surface area (Å²) in [7, 11) is 0. The Kier molecular flexibility index (Phi) is 6.20. The Morgan fingerprint density at radius 3 is 2.92 bits per heavy atom. The van der Waals surface area contributed by atoms with E-state index >= 15 is 0 Å². The minimum absolute atomic E-state index is 0.102. The van der Waals surface area contributed by atoms with Crippen molar-refractivity contribution in [2.75, 3.05) is 26.2 Å². The molecule has 2 amide bonds. The first-order valence-electron chi connectivity index (χ1n) is 8.44. The fourth-order valence-corrected chi connectivity index (χ4v) is 3.85. The lowest BCUT2D eigenvalue weighted by Crippen LogP contribution is -2.41. The van der Waals surface area contributed by atoms with Gasteiger partial charge in [0, 0.05) is 24.5 Å². The Bertz CT molecular complexity index is 594. The van der Waals surface area contributed by atoms with Crippen molar-refractivity contribution in [2.24, 2.45) is 0 Å². The molecule has 0 aromatic carbocycles. The summed E-state index contributed by atoms with van der Waals surface area (Å²) in [6, 6.07) is 4.42. The van der Waals surface area contributed by atoms with Gasteiger partial charge in [0.2, 0.25) is 0 Å². The van der Waals surface area contributed by atoms with Crippen LogP contribution in [0.3, 0.4) is 0 Å². The Labute approximate surface area is 146 Å². The van der Waals surface area contributed by atoms with E-state index in [-0.39, 0.29) is 12.1 Å². The molecule has 1 fully saturated rings. The Morgan fingerprint density at radius 2 is 2.21 bits per heavy atom. The second-order valence-corrected chi connectivity index (χ2v) is 6.90. The molecule has 1 aliphatic rings.